The van der Waals surface area contributed by atoms with Gasteiger partial charge in [-0.2, -0.15) is 0 Å². The zero-order valence-corrected chi connectivity index (χ0v) is 11.9. The second kappa shape index (κ2) is 8.48. The van der Waals surface area contributed by atoms with Gasteiger partial charge in [0.2, 0.25) is 0 Å². The smallest absolute Gasteiger partial charge is 0.123 e. The average Bonchev–Trinajstić information content (AvgIpc) is 2.36. The maximum absolute atomic E-state index is 12.7. The van der Waals surface area contributed by atoms with Crippen LogP contribution in [-0.2, 0) is 4.84 Å². The van der Waals surface area contributed by atoms with Crippen molar-refractivity contribution in [3.05, 3.63) is 53.4 Å². The fraction of sp³-hybridized carbons (Fsp3) is 0.375. The van der Waals surface area contributed by atoms with Crippen molar-refractivity contribution in [2.45, 2.75) is 33.6 Å². The number of allylic oxidation sites excluding steroid dienone is 3. The predicted molar refractivity (Wildman–Crippen MR) is 78.4 cm³/mol. The van der Waals surface area contributed by atoms with Crippen LogP contribution < -0.4 is 5.48 Å². The van der Waals surface area contributed by atoms with E-state index in [1.807, 2.05) is 0 Å². The highest BCUT2D eigenvalue weighted by Gasteiger charge is 1.93. The first-order chi connectivity index (χ1) is 9.08. The molecule has 0 amide bonds. The van der Waals surface area contributed by atoms with Crippen molar-refractivity contribution in [2.24, 2.45) is 0 Å². The molecule has 0 radical (unpaired) electrons. The van der Waals surface area contributed by atoms with Crippen molar-refractivity contribution in [3.63, 3.8) is 0 Å². The summed E-state index contributed by atoms with van der Waals surface area (Å²) in [4.78, 5) is 5.29. The van der Waals surface area contributed by atoms with E-state index in [4.69, 9.17) is 4.84 Å². The van der Waals surface area contributed by atoms with Gasteiger partial charge in [-0.1, -0.05) is 23.3 Å². The first-order valence-corrected chi connectivity index (χ1v) is 6.50. The zero-order valence-electron chi connectivity index (χ0n) is 11.9. The van der Waals surface area contributed by atoms with Gasteiger partial charge in [-0.25, -0.2) is 4.39 Å². The van der Waals surface area contributed by atoms with Crippen molar-refractivity contribution in [1.82, 2.24) is 0 Å². The van der Waals surface area contributed by atoms with Crippen LogP contribution >= 0.6 is 0 Å². The van der Waals surface area contributed by atoms with Crippen LogP contribution in [0, 0.1) is 5.82 Å². The number of nitrogens with one attached hydrogen (secondary N) is 1. The summed E-state index contributed by atoms with van der Waals surface area (Å²) in [6.45, 7) is 6.81. The van der Waals surface area contributed by atoms with Gasteiger partial charge in [-0.05, 0) is 57.9 Å². The highest BCUT2D eigenvalue weighted by molar-refractivity contribution is 5.40. The number of halogens is 1. The molecule has 19 heavy (non-hydrogen) atoms. The lowest BCUT2D eigenvalue weighted by atomic mass is 10.1. The number of rotatable bonds is 7. The Morgan fingerprint density at radius 2 is 1.84 bits per heavy atom. The molecule has 2 nitrogen and oxygen atoms in total. The summed E-state index contributed by atoms with van der Waals surface area (Å²) in [6.07, 6.45) is 6.39. The van der Waals surface area contributed by atoms with E-state index >= 15 is 0 Å². The van der Waals surface area contributed by atoms with E-state index in [-0.39, 0.29) is 5.82 Å². The van der Waals surface area contributed by atoms with Crippen molar-refractivity contribution in [3.8, 4) is 0 Å². The maximum Gasteiger partial charge on any atom is 0.123 e. The van der Waals surface area contributed by atoms with Crippen LogP contribution in [0.25, 0.3) is 0 Å². The zero-order chi connectivity index (χ0) is 14.1. The summed E-state index contributed by atoms with van der Waals surface area (Å²) in [7, 11) is 0. The fourth-order valence-electron chi connectivity index (χ4n) is 1.52. The Hall–Kier alpha value is -1.61. The third kappa shape index (κ3) is 7.42. The van der Waals surface area contributed by atoms with Crippen LogP contribution in [0.2, 0.25) is 0 Å². The molecule has 0 heterocycles. The first kappa shape index (κ1) is 15.4. The molecule has 0 bridgehead atoms. The van der Waals surface area contributed by atoms with Crippen molar-refractivity contribution in [1.29, 1.82) is 0 Å². The van der Waals surface area contributed by atoms with Gasteiger partial charge in [0, 0.05) is 0 Å². The summed E-state index contributed by atoms with van der Waals surface area (Å²) >= 11 is 0. The molecule has 1 N–H and O–H groups in total. The Bertz CT molecular complexity index is 431. The maximum atomic E-state index is 12.7. The first-order valence-electron chi connectivity index (χ1n) is 6.50. The molecule has 0 unspecified atom stereocenters. The molecule has 0 aromatic heterocycles. The van der Waals surface area contributed by atoms with Gasteiger partial charge >= 0.3 is 0 Å². The lowest BCUT2D eigenvalue weighted by molar-refractivity contribution is 0.227. The summed E-state index contributed by atoms with van der Waals surface area (Å²) < 4.78 is 12.7. The lowest BCUT2D eigenvalue weighted by Gasteiger charge is -2.05. The topological polar surface area (TPSA) is 21.3 Å². The van der Waals surface area contributed by atoms with E-state index in [0.717, 1.165) is 18.5 Å². The number of hydrogen-bond donors (Lipinski definition) is 1. The van der Waals surface area contributed by atoms with Gasteiger partial charge in [0.05, 0.1) is 12.3 Å². The molecule has 0 saturated heterocycles. The standard InChI is InChI=1S/C16H22FNO/c1-13(2)5-4-6-14(3)11-12-19-18-16-9-7-15(17)8-10-16/h5,7-11,18H,4,6,12H2,1-3H3/b14-11+. The molecule has 0 atom stereocenters. The molecule has 1 rings (SSSR count). The minimum Gasteiger partial charge on any atom is -0.272 e. The molecule has 1 aromatic rings. The Labute approximate surface area is 114 Å². The van der Waals surface area contributed by atoms with Crippen LogP contribution in [0.5, 0.6) is 0 Å². The third-order valence-corrected chi connectivity index (χ3v) is 2.64. The Morgan fingerprint density at radius 1 is 1.16 bits per heavy atom. The molecular formula is C16H22FNO. The lowest BCUT2D eigenvalue weighted by Crippen LogP contribution is -2.01. The van der Waals surface area contributed by atoms with Crippen molar-refractivity contribution >= 4 is 5.69 Å². The average molecular weight is 263 g/mol. The normalized spacial score (nSPS) is 11.3. The molecule has 3 heteroatoms. The highest BCUT2D eigenvalue weighted by atomic mass is 19.1. The van der Waals surface area contributed by atoms with E-state index in [1.165, 1.54) is 23.3 Å². The number of hydrogen-bond acceptors (Lipinski definition) is 2. The minimum absolute atomic E-state index is 0.249. The third-order valence-electron chi connectivity index (χ3n) is 2.64. The van der Waals surface area contributed by atoms with Crippen LogP contribution in [0.4, 0.5) is 10.1 Å². The molecule has 0 aliphatic heterocycles. The number of anilines is 1. The van der Waals surface area contributed by atoms with E-state index in [2.05, 4.69) is 38.4 Å². The second-order valence-electron chi connectivity index (χ2n) is 4.79. The van der Waals surface area contributed by atoms with Gasteiger partial charge in [0.25, 0.3) is 0 Å². The van der Waals surface area contributed by atoms with Crippen LogP contribution in [0.3, 0.4) is 0 Å². The monoisotopic (exact) mass is 263 g/mol. The fourth-order valence-corrected chi connectivity index (χ4v) is 1.52. The van der Waals surface area contributed by atoms with E-state index in [0.29, 0.717) is 6.61 Å². The highest BCUT2D eigenvalue weighted by Crippen LogP contribution is 2.09. The van der Waals surface area contributed by atoms with Crippen molar-refractivity contribution in [2.75, 3.05) is 12.1 Å². The summed E-state index contributed by atoms with van der Waals surface area (Å²) in [6, 6.07) is 6.07. The van der Waals surface area contributed by atoms with Crippen LogP contribution in [0.1, 0.15) is 33.6 Å². The molecule has 1 aromatic carbocycles. The van der Waals surface area contributed by atoms with E-state index < -0.39 is 0 Å². The van der Waals surface area contributed by atoms with Gasteiger partial charge in [-0.15, -0.1) is 0 Å². The second-order valence-corrected chi connectivity index (χ2v) is 4.79. The Kier molecular flexibility index (Phi) is 6.90. The minimum atomic E-state index is -0.249. The SMILES string of the molecule is CC(C)=CCC/C(C)=C/CONc1ccc(F)cc1. The summed E-state index contributed by atoms with van der Waals surface area (Å²) in [5.41, 5.74) is 6.18. The van der Waals surface area contributed by atoms with Crippen LogP contribution in [-0.4, -0.2) is 6.61 Å². The Morgan fingerprint density at radius 3 is 2.47 bits per heavy atom. The van der Waals surface area contributed by atoms with Crippen LogP contribution in [0.15, 0.2) is 47.6 Å². The molecule has 0 saturated carbocycles. The van der Waals surface area contributed by atoms with Gasteiger partial charge in [0.1, 0.15) is 5.82 Å². The quantitative estimate of drug-likeness (QED) is 0.431. The van der Waals surface area contributed by atoms with Crippen molar-refractivity contribution < 1.29 is 9.23 Å². The molecule has 104 valence electrons. The molecule has 0 spiro atoms. The van der Waals surface area contributed by atoms with Gasteiger partial charge in [0.15, 0.2) is 0 Å². The van der Waals surface area contributed by atoms with Gasteiger partial charge in [-0.3, -0.25) is 10.3 Å². The summed E-state index contributed by atoms with van der Waals surface area (Å²) in [5, 5.41) is 0. The molecule has 0 aliphatic rings. The summed E-state index contributed by atoms with van der Waals surface area (Å²) in [5.74, 6) is -0.249. The Balaban J connectivity index is 2.22. The van der Waals surface area contributed by atoms with Gasteiger partial charge < -0.3 is 0 Å². The molecule has 0 aliphatic carbocycles. The molecular weight excluding hydrogens is 241 g/mol. The van der Waals surface area contributed by atoms with E-state index in [1.54, 1.807) is 12.1 Å². The van der Waals surface area contributed by atoms with E-state index in [9.17, 15) is 4.39 Å². The largest absolute Gasteiger partial charge is 0.272 e. The molecule has 0 fully saturated rings. The predicted octanol–water partition coefficient (Wildman–Crippen LogP) is 4.86. The number of benzene rings is 1.